The van der Waals surface area contributed by atoms with Gasteiger partial charge in [0.05, 0.1) is 18.2 Å². The molecule has 0 radical (unpaired) electrons. The average molecular weight is 510 g/mol. The van der Waals surface area contributed by atoms with Gasteiger partial charge in [0.15, 0.2) is 5.82 Å². The molecule has 1 amide bonds. The third kappa shape index (κ3) is 5.36. The lowest BCUT2D eigenvalue weighted by Gasteiger charge is -2.58. The van der Waals surface area contributed by atoms with E-state index in [1.807, 2.05) is 25.7 Å². The van der Waals surface area contributed by atoms with Crippen LogP contribution in [0.4, 0.5) is 10.6 Å². The van der Waals surface area contributed by atoms with Crippen LogP contribution in [-0.4, -0.2) is 83.3 Å². The number of hydrogen-bond acceptors (Lipinski definition) is 6. The molecule has 1 spiro atoms. The Morgan fingerprint density at radius 1 is 1.11 bits per heavy atom. The maximum Gasteiger partial charge on any atom is 0.410 e. The SMILES string of the molecule is COCC1(C)CN(Cc2ccccc2)CCN1c1cc(C)n(C2CC3(C2)CN(C(=O)OC(C)(C)C)C3)n1. The van der Waals surface area contributed by atoms with Gasteiger partial charge < -0.3 is 19.3 Å². The molecule has 37 heavy (non-hydrogen) atoms. The summed E-state index contributed by atoms with van der Waals surface area (Å²) in [7, 11) is 1.79. The Labute approximate surface area is 221 Å². The van der Waals surface area contributed by atoms with Crippen molar-refractivity contribution in [2.45, 2.75) is 71.2 Å². The standard InChI is InChI=1S/C29H43N5O3/c1-22-14-25(30-34(22)24-15-29(16-24)19-32(20-29)26(35)37-27(2,3)4)33-13-12-31(18-28(33,5)21-36-6)17-23-10-8-7-9-11-23/h7-11,14,24H,12-13,15-21H2,1-6H3. The smallest absolute Gasteiger partial charge is 0.410 e. The van der Waals surface area contributed by atoms with Crippen molar-refractivity contribution in [3.05, 3.63) is 47.7 Å². The van der Waals surface area contributed by atoms with Crippen LogP contribution in [0.1, 0.15) is 57.8 Å². The maximum absolute atomic E-state index is 12.4. The summed E-state index contributed by atoms with van der Waals surface area (Å²) >= 11 is 0. The molecule has 1 saturated carbocycles. The van der Waals surface area contributed by atoms with Gasteiger partial charge in [-0.2, -0.15) is 5.10 Å². The van der Waals surface area contributed by atoms with Gasteiger partial charge in [0, 0.05) is 63.6 Å². The highest BCUT2D eigenvalue weighted by molar-refractivity contribution is 5.69. The number of hydrogen-bond donors (Lipinski definition) is 0. The Bertz CT molecular complexity index is 1100. The lowest BCUT2D eigenvalue weighted by Crippen LogP contribution is -2.64. The van der Waals surface area contributed by atoms with Crippen molar-refractivity contribution >= 4 is 11.9 Å². The monoisotopic (exact) mass is 509 g/mol. The fourth-order valence-corrected chi connectivity index (χ4v) is 6.52. The van der Waals surface area contributed by atoms with Crippen molar-refractivity contribution < 1.29 is 14.3 Å². The van der Waals surface area contributed by atoms with Crippen LogP contribution < -0.4 is 4.90 Å². The topological polar surface area (TPSA) is 63.1 Å². The molecule has 3 heterocycles. The van der Waals surface area contributed by atoms with E-state index in [0.29, 0.717) is 12.6 Å². The van der Waals surface area contributed by atoms with E-state index in [0.717, 1.165) is 57.9 Å². The van der Waals surface area contributed by atoms with E-state index in [-0.39, 0.29) is 17.0 Å². The highest BCUT2D eigenvalue weighted by Crippen LogP contribution is 2.54. The molecule has 1 aromatic carbocycles. The Balaban J connectivity index is 1.22. The molecule has 1 unspecified atom stereocenters. The van der Waals surface area contributed by atoms with Gasteiger partial charge in [-0.1, -0.05) is 30.3 Å². The average Bonchev–Trinajstić information content (AvgIpc) is 3.12. The number of methoxy groups -OCH3 is 1. The van der Waals surface area contributed by atoms with E-state index in [1.165, 1.54) is 11.3 Å². The van der Waals surface area contributed by atoms with E-state index in [9.17, 15) is 4.79 Å². The van der Waals surface area contributed by atoms with Crippen LogP contribution in [0.3, 0.4) is 0 Å². The lowest BCUT2D eigenvalue weighted by atomic mass is 9.61. The largest absolute Gasteiger partial charge is 0.444 e. The first-order valence-electron chi connectivity index (χ1n) is 13.6. The first-order valence-corrected chi connectivity index (χ1v) is 13.6. The fourth-order valence-electron chi connectivity index (χ4n) is 6.52. The minimum atomic E-state index is -0.450. The number of anilines is 1. The zero-order valence-electron chi connectivity index (χ0n) is 23.4. The van der Waals surface area contributed by atoms with Gasteiger partial charge in [-0.15, -0.1) is 0 Å². The number of rotatable bonds is 6. The van der Waals surface area contributed by atoms with Crippen molar-refractivity contribution in [2.24, 2.45) is 5.41 Å². The van der Waals surface area contributed by atoms with Crippen molar-refractivity contribution in [3.63, 3.8) is 0 Å². The first-order chi connectivity index (χ1) is 17.5. The Hall–Kier alpha value is -2.58. The summed E-state index contributed by atoms with van der Waals surface area (Å²) in [4.78, 5) is 19.2. The molecule has 2 aromatic rings. The third-order valence-electron chi connectivity index (χ3n) is 8.13. The highest BCUT2D eigenvalue weighted by Gasteiger charge is 2.55. The summed E-state index contributed by atoms with van der Waals surface area (Å²) in [5.41, 5.74) is 2.17. The van der Waals surface area contributed by atoms with E-state index < -0.39 is 5.60 Å². The number of aromatic nitrogens is 2. The number of carbonyl (C=O) groups excluding carboxylic acids is 1. The molecule has 1 aliphatic carbocycles. The third-order valence-corrected chi connectivity index (χ3v) is 8.13. The number of likely N-dealkylation sites (tertiary alicyclic amines) is 1. The van der Waals surface area contributed by atoms with E-state index in [1.54, 1.807) is 7.11 Å². The maximum atomic E-state index is 12.4. The lowest BCUT2D eigenvalue weighted by molar-refractivity contribution is -0.0930. The van der Waals surface area contributed by atoms with Crippen LogP contribution in [0.5, 0.6) is 0 Å². The number of carbonyl (C=O) groups is 1. The summed E-state index contributed by atoms with van der Waals surface area (Å²) in [5, 5.41) is 5.13. The van der Waals surface area contributed by atoms with Gasteiger partial charge in [0.2, 0.25) is 0 Å². The van der Waals surface area contributed by atoms with E-state index in [4.69, 9.17) is 14.6 Å². The van der Waals surface area contributed by atoms with Crippen LogP contribution in [0.2, 0.25) is 0 Å². The molecule has 3 fully saturated rings. The second-order valence-electron chi connectivity index (χ2n) is 12.8. The number of nitrogens with zero attached hydrogens (tertiary/aromatic N) is 5. The zero-order valence-corrected chi connectivity index (χ0v) is 23.4. The quantitative estimate of drug-likeness (QED) is 0.572. The Kier molecular flexibility index (Phi) is 6.77. The number of piperazine rings is 1. The highest BCUT2D eigenvalue weighted by atomic mass is 16.6. The molecule has 0 bridgehead atoms. The summed E-state index contributed by atoms with van der Waals surface area (Å²) in [6.45, 7) is 16.2. The molecule has 3 aliphatic rings. The molecule has 1 atom stereocenters. The Morgan fingerprint density at radius 3 is 2.46 bits per heavy atom. The molecule has 8 nitrogen and oxygen atoms in total. The van der Waals surface area contributed by atoms with Gasteiger partial charge in [-0.25, -0.2) is 4.79 Å². The molecule has 0 N–H and O–H groups in total. The van der Waals surface area contributed by atoms with E-state index >= 15 is 0 Å². The second kappa shape index (κ2) is 9.62. The van der Waals surface area contributed by atoms with Crippen LogP contribution in [-0.2, 0) is 16.0 Å². The van der Waals surface area contributed by atoms with Crippen molar-refractivity contribution in [3.8, 4) is 0 Å². The second-order valence-corrected chi connectivity index (χ2v) is 12.8. The molecule has 8 heteroatoms. The van der Waals surface area contributed by atoms with Crippen LogP contribution in [0.15, 0.2) is 36.4 Å². The summed E-state index contributed by atoms with van der Waals surface area (Å²) in [6.07, 6.45) is 1.94. The molecular weight excluding hydrogens is 466 g/mol. The molecule has 202 valence electrons. The molecule has 5 rings (SSSR count). The zero-order chi connectivity index (χ0) is 26.4. The number of aryl methyl sites for hydroxylation is 1. The number of amides is 1. The van der Waals surface area contributed by atoms with Gasteiger partial charge in [-0.3, -0.25) is 9.58 Å². The predicted molar refractivity (Wildman–Crippen MR) is 145 cm³/mol. The number of ether oxygens (including phenoxy) is 2. The van der Waals surface area contributed by atoms with Crippen molar-refractivity contribution in [2.75, 3.05) is 51.3 Å². The van der Waals surface area contributed by atoms with Crippen molar-refractivity contribution in [1.29, 1.82) is 0 Å². The normalized spacial score (nSPS) is 24.2. The van der Waals surface area contributed by atoms with Crippen LogP contribution in [0.25, 0.3) is 0 Å². The van der Waals surface area contributed by atoms with Crippen molar-refractivity contribution in [1.82, 2.24) is 19.6 Å². The fraction of sp³-hybridized carbons (Fsp3) is 0.655. The van der Waals surface area contributed by atoms with E-state index in [2.05, 4.69) is 64.7 Å². The molecular formula is C29H43N5O3. The Morgan fingerprint density at radius 2 is 1.81 bits per heavy atom. The van der Waals surface area contributed by atoms with Gasteiger partial charge >= 0.3 is 6.09 Å². The predicted octanol–water partition coefficient (Wildman–Crippen LogP) is 4.49. The molecule has 1 aromatic heterocycles. The first kappa shape index (κ1) is 26.0. The summed E-state index contributed by atoms with van der Waals surface area (Å²) < 4.78 is 13.5. The minimum Gasteiger partial charge on any atom is -0.444 e. The molecule has 2 saturated heterocycles. The van der Waals surface area contributed by atoms with Crippen LogP contribution >= 0.6 is 0 Å². The van der Waals surface area contributed by atoms with Gasteiger partial charge in [0.1, 0.15) is 5.60 Å². The summed E-state index contributed by atoms with van der Waals surface area (Å²) in [5.74, 6) is 1.04. The number of benzene rings is 1. The molecule has 2 aliphatic heterocycles. The summed E-state index contributed by atoms with van der Waals surface area (Å²) in [6, 6.07) is 13.3. The van der Waals surface area contributed by atoms with Gasteiger partial charge in [-0.05, 0) is 53.0 Å². The minimum absolute atomic E-state index is 0.157. The van der Waals surface area contributed by atoms with Gasteiger partial charge in [0.25, 0.3) is 0 Å². The van der Waals surface area contributed by atoms with Crippen LogP contribution in [0, 0.1) is 12.3 Å².